The summed E-state index contributed by atoms with van der Waals surface area (Å²) in [4.78, 5) is 19.2. The Kier molecular flexibility index (Phi) is 7.73. The highest BCUT2D eigenvalue weighted by atomic mass is 19.1. The third-order valence-corrected chi connectivity index (χ3v) is 9.88. The van der Waals surface area contributed by atoms with E-state index < -0.39 is 16.8 Å². The minimum Gasteiger partial charge on any atom is -0.490 e. The van der Waals surface area contributed by atoms with Crippen molar-refractivity contribution >= 4 is 17.3 Å². The van der Waals surface area contributed by atoms with Crippen molar-refractivity contribution in [3.63, 3.8) is 0 Å². The second-order valence-electron chi connectivity index (χ2n) is 12.8. The molecule has 0 aromatic heterocycles. The van der Waals surface area contributed by atoms with Crippen LogP contribution in [0, 0.1) is 5.82 Å². The Balaban J connectivity index is 1.31. The first kappa shape index (κ1) is 30.6. The van der Waals surface area contributed by atoms with Crippen LogP contribution in [-0.4, -0.2) is 17.6 Å². The smallest absolute Gasteiger partial charge is 0.246 e. The van der Waals surface area contributed by atoms with E-state index >= 15 is 9.18 Å². The van der Waals surface area contributed by atoms with Crippen molar-refractivity contribution in [1.29, 1.82) is 0 Å². The zero-order chi connectivity index (χ0) is 33.4. The SMILES string of the molecule is O=C1N(Cc2ccccc2)c2cc(F)ccc2[C@@]12c1ccc(N(Cc3ccccc3)Cc3ccccc3)cc1OC[C@]2(O)c1ccccc1. The summed E-state index contributed by atoms with van der Waals surface area (Å²) in [6, 6.07) is 49.8. The van der Waals surface area contributed by atoms with Crippen LogP contribution in [0.4, 0.5) is 15.8 Å². The second kappa shape index (κ2) is 12.4. The molecule has 49 heavy (non-hydrogen) atoms. The second-order valence-corrected chi connectivity index (χ2v) is 12.8. The maximum atomic E-state index is 15.3. The third kappa shape index (κ3) is 5.16. The molecule has 0 radical (unpaired) electrons. The molecule has 0 aliphatic carbocycles. The van der Waals surface area contributed by atoms with Gasteiger partial charge < -0.3 is 19.6 Å². The Labute approximate surface area is 285 Å². The van der Waals surface area contributed by atoms with E-state index in [1.807, 2.05) is 115 Å². The van der Waals surface area contributed by atoms with Crippen LogP contribution in [0.5, 0.6) is 5.75 Å². The molecular weight excluding hydrogens is 611 g/mol. The molecule has 1 amide bonds. The summed E-state index contributed by atoms with van der Waals surface area (Å²) in [5.74, 6) is -0.273. The number of ether oxygens (including phenoxy) is 1. The van der Waals surface area contributed by atoms with Gasteiger partial charge in [-0.25, -0.2) is 4.39 Å². The lowest BCUT2D eigenvalue weighted by Gasteiger charge is -2.48. The number of anilines is 2. The first-order valence-electron chi connectivity index (χ1n) is 16.5. The van der Waals surface area contributed by atoms with E-state index in [9.17, 15) is 5.11 Å². The maximum Gasteiger partial charge on any atom is 0.246 e. The largest absolute Gasteiger partial charge is 0.490 e. The van der Waals surface area contributed by atoms with E-state index in [4.69, 9.17) is 4.74 Å². The number of carbonyl (C=O) groups excluding carboxylic acids is 1. The highest BCUT2D eigenvalue weighted by molar-refractivity contribution is 6.12. The first-order chi connectivity index (χ1) is 24.0. The fraction of sp³-hybridized carbons (Fsp3) is 0.140. The van der Waals surface area contributed by atoms with E-state index in [-0.39, 0.29) is 19.1 Å². The van der Waals surface area contributed by atoms with Crippen LogP contribution in [0.3, 0.4) is 0 Å². The number of carbonyl (C=O) groups is 1. The molecule has 0 unspecified atom stereocenters. The van der Waals surface area contributed by atoms with E-state index in [1.54, 1.807) is 11.0 Å². The molecule has 1 N–H and O–H groups in total. The Bertz CT molecular complexity index is 2070. The molecule has 5 nitrogen and oxygen atoms in total. The van der Waals surface area contributed by atoms with Gasteiger partial charge in [-0.2, -0.15) is 0 Å². The van der Waals surface area contributed by atoms with Gasteiger partial charge in [0.15, 0.2) is 0 Å². The van der Waals surface area contributed by atoms with E-state index in [2.05, 4.69) is 29.2 Å². The zero-order valence-corrected chi connectivity index (χ0v) is 26.9. The molecule has 6 heteroatoms. The molecule has 2 heterocycles. The quantitative estimate of drug-likeness (QED) is 0.181. The molecule has 0 saturated heterocycles. The van der Waals surface area contributed by atoms with Crippen LogP contribution in [-0.2, 0) is 35.4 Å². The molecule has 2 atom stereocenters. The molecule has 2 aliphatic heterocycles. The fourth-order valence-electron chi connectivity index (χ4n) is 7.57. The molecule has 6 aromatic rings. The van der Waals surface area contributed by atoms with Crippen LogP contribution in [0.1, 0.15) is 33.4 Å². The summed E-state index contributed by atoms with van der Waals surface area (Å²) in [5, 5.41) is 13.0. The summed E-state index contributed by atoms with van der Waals surface area (Å²) in [6.07, 6.45) is 0. The molecule has 242 valence electrons. The summed E-state index contributed by atoms with van der Waals surface area (Å²) in [6.45, 7) is 1.35. The first-order valence-corrected chi connectivity index (χ1v) is 16.5. The van der Waals surface area contributed by atoms with Gasteiger partial charge in [-0.3, -0.25) is 4.79 Å². The summed E-state index contributed by atoms with van der Waals surface area (Å²) >= 11 is 0. The zero-order valence-electron chi connectivity index (χ0n) is 26.9. The average molecular weight is 647 g/mol. The monoisotopic (exact) mass is 646 g/mol. The van der Waals surface area contributed by atoms with Crippen molar-refractivity contribution in [3.05, 3.63) is 197 Å². The molecule has 0 saturated carbocycles. The Morgan fingerprint density at radius 3 is 1.84 bits per heavy atom. The van der Waals surface area contributed by atoms with Crippen molar-refractivity contribution in [3.8, 4) is 5.75 Å². The highest BCUT2D eigenvalue weighted by Gasteiger charge is 2.67. The van der Waals surface area contributed by atoms with Crippen LogP contribution >= 0.6 is 0 Å². The molecule has 8 rings (SSSR count). The number of amides is 1. The summed E-state index contributed by atoms with van der Waals surface area (Å²) < 4.78 is 21.5. The van der Waals surface area contributed by atoms with Crippen LogP contribution < -0.4 is 14.5 Å². The average Bonchev–Trinajstić information content (AvgIpc) is 3.38. The van der Waals surface area contributed by atoms with E-state index in [0.29, 0.717) is 41.2 Å². The van der Waals surface area contributed by atoms with Crippen molar-refractivity contribution in [2.75, 3.05) is 16.4 Å². The van der Waals surface area contributed by atoms with Crippen molar-refractivity contribution in [2.45, 2.75) is 30.7 Å². The Morgan fingerprint density at radius 2 is 1.22 bits per heavy atom. The molecule has 6 aromatic carbocycles. The normalized spacial score (nSPS) is 19.3. The predicted octanol–water partition coefficient (Wildman–Crippen LogP) is 8.15. The number of rotatable bonds is 8. The predicted molar refractivity (Wildman–Crippen MR) is 190 cm³/mol. The van der Waals surface area contributed by atoms with Gasteiger partial charge >= 0.3 is 0 Å². The van der Waals surface area contributed by atoms with Gasteiger partial charge in [0.2, 0.25) is 5.91 Å². The number of halogens is 1. The lowest BCUT2D eigenvalue weighted by Crippen LogP contribution is -2.61. The van der Waals surface area contributed by atoms with Gasteiger partial charge in [-0.15, -0.1) is 0 Å². The molecule has 0 fully saturated rings. The molecular formula is C43H35FN2O3. The van der Waals surface area contributed by atoms with Crippen molar-refractivity contribution < 1.29 is 19.0 Å². The van der Waals surface area contributed by atoms with Gasteiger partial charge in [0.1, 0.15) is 29.2 Å². The van der Waals surface area contributed by atoms with Gasteiger partial charge in [0.05, 0.1) is 12.2 Å². The molecule has 1 spiro atoms. The van der Waals surface area contributed by atoms with E-state index in [1.165, 1.54) is 12.1 Å². The van der Waals surface area contributed by atoms with Gasteiger partial charge in [0, 0.05) is 30.4 Å². The fourth-order valence-corrected chi connectivity index (χ4v) is 7.57. The summed E-state index contributed by atoms with van der Waals surface area (Å²) in [7, 11) is 0. The number of nitrogens with zero attached hydrogens (tertiary/aromatic N) is 2. The number of fused-ring (bicyclic) bond motifs is 4. The lowest BCUT2D eigenvalue weighted by molar-refractivity contribution is -0.139. The summed E-state index contributed by atoms with van der Waals surface area (Å²) in [5.41, 5.74) is 2.79. The lowest BCUT2D eigenvalue weighted by atomic mass is 9.60. The van der Waals surface area contributed by atoms with Gasteiger partial charge in [-0.05, 0) is 46.0 Å². The molecule has 0 bridgehead atoms. The third-order valence-electron chi connectivity index (χ3n) is 9.88. The van der Waals surface area contributed by atoms with Crippen molar-refractivity contribution in [1.82, 2.24) is 0 Å². The van der Waals surface area contributed by atoms with Crippen LogP contribution in [0.2, 0.25) is 0 Å². The van der Waals surface area contributed by atoms with E-state index in [0.717, 1.165) is 22.4 Å². The number of hydrogen-bond acceptors (Lipinski definition) is 4. The number of benzene rings is 6. The topological polar surface area (TPSA) is 53.0 Å². The van der Waals surface area contributed by atoms with Gasteiger partial charge in [-0.1, -0.05) is 133 Å². The van der Waals surface area contributed by atoms with Crippen molar-refractivity contribution in [2.24, 2.45) is 0 Å². The number of hydrogen-bond donors (Lipinski definition) is 1. The minimum absolute atomic E-state index is 0.174. The maximum absolute atomic E-state index is 15.3. The Morgan fingerprint density at radius 1 is 0.673 bits per heavy atom. The number of aliphatic hydroxyl groups is 1. The highest BCUT2D eigenvalue weighted by Crippen LogP contribution is 2.60. The standard InChI is InChI=1S/C43H35FN2O3/c44-35-21-23-37-39(25-35)46(29-33-17-9-3-10-18-33)41(47)43(37)38-24-22-36(26-40(38)49-30-42(43,48)34-19-11-4-12-20-34)45(27-31-13-5-1-6-14-31)28-32-15-7-2-8-16-32/h1-26,48H,27-30H2/t42-,43+/m0/s1. The van der Waals surface area contributed by atoms with Crippen LogP contribution in [0.25, 0.3) is 0 Å². The molecule has 2 aliphatic rings. The van der Waals surface area contributed by atoms with Crippen LogP contribution in [0.15, 0.2) is 158 Å². The minimum atomic E-state index is -1.80. The van der Waals surface area contributed by atoms with Gasteiger partial charge in [0.25, 0.3) is 0 Å². The Hall–Kier alpha value is -5.72.